The fourth-order valence-electron chi connectivity index (χ4n) is 11.2. The van der Waals surface area contributed by atoms with Crippen LogP contribution in [0.25, 0.3) is 0 Å². The number of hydrogen-bond acceptors (Lipinski definition) is 6. The number of carbonyl (C=O) groups excluding carboxylic acids is 1. The standard InChI is InChI=1S/C25H27NO3.C17H21NO.K.H2O/c1-16-7-6-10-19-20-11-12-25(28)15-24(20,13-17(25)2)22(21(16)19)26-23(27)29-14-18-8-4-3-5-9-18;1-10-4-3-5-12-13-6-7-17(19)9-16(13,8-11(17)2)15(18)14(10)12;;/h3-10,20,22,28H,2,11-15H2,1H3,(H,26,27);3-5,13,15,19H,2,6-9,18H2,1H3;;1H2/q;;+1;/p-1/t20-,22-,24-,25+;13-,15-,16-,17+;;/m00../s1. The first-order valence-electron chi connectivity index (χ1n) is 17.6. The van der Waals surface area contributed by atoms with Crippen LogP contribution in [0.15, 0.2) is 91.0 Å². The maximum Gasteiger partial charge on any atom is 1.00 e. The smallest absolute Gasteiger partial charge is 0.870 e. The summed E-state index contributed by atoms with van der Waals surface area (Å²) in [6.45, 7) is 12.8. The maximum atomic E-state index is 12.8. The van der Waals surface area contributed by atoms with Crippen molar-refractivity contribution in [2.24, 2.45) is 16.6 Å². The van der Waals surface area contributed by atoms with Gasteiger partial charge in [0.05, 0.1) is 17.2 Å². The van der Waals surface area contributed by atoms with Crippen LogP contribution in [0, 0.1) is 24.7 Å². The third kappa shape index (κ3) is 5.57. The molecule has 0 heterocycles. The number of carbonyl (C=O) groups is 1. The summed E-state index contributed by atoms with van der Waals surface area (Å²) < 4.78 is 5.54. The van der Waals surface area contributed by atoms with Crippen molar-refractivity contribution in [2.45, 2.75) is 107 Å². The van der Waals surface area contributed by atoms with E-state index in [0.29, 0.717) is 18.3 Å². The molecular formula is C42H49KN2O5. The minimum absolute atomic E-state index is 0. The molecule has 4 fully saturated rings. The Bertz CT molecular complexity index is 1850. The van der Waals surface area contributed by atoms with Gasteiger partial charge < -0.3 is 31.5 Å². The average Bonchev–Trinajstić information content (AvgIpc) is 3.62. The number of fused-ring (bicyclic) bond motifs is 6. The number of hydrogen-bond donors (Lipinski definition) is 4. The van der Waals surface area contributed by atoms with Crippen molar-refractivity contribution >= 4 is 6.09 Å². The van der Waals surface area contributed by atoms with Gasteiger partial charge in [-0.25, -0.2) is 4.79 Å². The second-order valence-corrected chi connectivity index (χ2v) is 15.9. The van der Waals surface area contributed by atoms with Crippen LogP contribution < -0.4 is 62.4 Å². The number of benzene rings is 3. The molecule has 3 aromatic carbocycles. The molecule has 0 unspecified atom stereocenters. The third-order valence-corrected chi connectivity index (χ3v) is 13.5. The summed E-state index contributed by atoms with van der Waals surface area (Å²) >= 11 is 0. The molecule has 6 aliphatic carbocycles. The van der Waals surface area contributed by atoms with Gasteiger partial charge in [0.1, 0.15) is 6.61 Å². The summed E-state index contributed by atoms with van der Waals surface area (Å²) in [5.74, 6) is 0.841. The first-order valence-corrected chi connectivity index (χ1v) is 17.6. The van der Waals surface area contributed by atoms with Gasteiger partial charge in [-0.1, -0.05) is 79.9 Å². The van der Waals surface area contributed by atoms with Gasteiger partial charge in [-0.3, -0.25) is 0 Å². The van der Waals surface area contributed by atoms with Gasteiger partial charge in [-0.2, -0.15) is 0 Å². The Labute approximate surface area is 338 Å². The predicted octanol–water partition coefficient (Wildman–Crippen LogP) is 4.70. The molecule has 4 saturated carbocycles. The van der Waals surface area contributed by atoms with E-state index in [1.165, 1.54) is 33.4 Å². The summed E-state index contributed by atoms with van der Waals surface area (Å²) in [5.41, 5.74) is 15.7. The Kier molecular flexibility index (Phi) is 10.1. The molecule has 0 radical (unpaired) electrons. The summed E-state index contributed by atoms with van der Waals surface area (Å²) in [6.07, 6.45) is 6.24. The van der Waals surface area contributed by atoms with Gasteiger partial charge in [-0.05, 0) is 127 Å². The van der Waals surface area contributed by atoms with Crippen LogP contribution in [0.1, 0.15) is 114 Å². The number of ether oxygens (including phenoxy) is 1. The van der Waals surface area contributed by atoms with Crippen molar-refractivity contribution < 1.29 is 76.6 Å². The normalized spacial score (nSPS) is 34.9. The number of aryl methyl sites for hydroxylation is 2. The van der Waals surface area contributed by atoms with Gasteiger partial charge in [-0.15, -0.1) is 0 Å². The number of rotatable bonds is 3. The fourth-order valence-corrected chi connectivity index (χ4v) is 11.2. The molecule has 9 rings (SSSR count). The van der Waals surface area contributed by atoms with Crippen LogP contribution in [0.4, 0.5) is 4.79 Å². The van der Waals surface area contributed by atoms with Crippen LogP contribution in [0.5, 0.6) is 0 Å². The Morgan fingerprint density at radius 3 is 1.96 bits per heavy atom. The first kappa shape index (κ1) is 37.6. The minimum atomic E-state index is -0.805. The molecule has 0 aliphatic heterocycles. The molecule has 6 aliphatic rings. The zero-order valence-corrected chi connectivity index (χ0v) is 32.8. The van der Waals surface area contributed by atoms with Crippen molar-refractivity contribution in [3.05, 3.63) is 130 Å². The second kappa shape index (κ2) is 13.4. The van der Waals surface area contributed by atoms with E-state index < -0.39 is 17.3 Å². The zero-order chi connectivity index (χ0) is 33.6. The minimum Gasteiger partial charge on any atom is -0.870 e. The molecule has 258 valence electrons. The molecule has 0 saturated heterocycles. The topological polar surface area (TPSA) is 135 Å². The molecule has 6 N–H and O–H groups in total. The number of nitrogens with one attached hydrogen (secondary N) is 1. The number of alkyl carbamates (subject to hydrolysis) is 1. The monoisotopic (exact) mass is 700 g/mol. The molecule has 8 atom stereocenters. The van der Waals surface area contributed by atoms with Crippen LogP contribution in [-0.2, 0) is 11.3 Å². The van der Waals surface area contributed by atoms with Crippen molar-refractivity contribution in [3.63, 3.8) is 0 Å². The van der Waals surface area contributed by atoms with E-state index in [4.69, 9.17) is 10.5 Å². The largest absolute Gasteiger partial charge is 1.00 e. The third-order valence-electron chi connectivity index (χ3n) is 13.5. The predicted molar refractivity (Wildman–Crippen MR) is 189 cm³/mol. The van der Waals surface area contributed by atoms with Gasteiger partial charge in [0.15, 0.2) is 0 Å². The molecule has 4 bridgehead atoms. The quantitative estimate of drug-likeness (QED) is 0.231. The maximum absolute atomic E-state index is 12.8. The van der Waals surface area contributed by atoms with Gasteiger partial charge >= 0.3 is 57.5 Å². The number of amides is 1. The summed E-state index contributed by atoms with van der Waals surface area (Å²) in [4.78, 5) is 12.8. The summed E-state index contributed by atoms with van der Waals surface area (Å²) in [5, 5.41) is 25.1. The molecular weight excluding hydrogens is 652 g/mol. The van der Waals surface area contributed by atoms with Gasteiger partial charge in [0.25, 0.3) is 0 Å². The average molecular weight is 701 g/mol. The Morgan fingerprint density at radius 1 is 0.820 bits per heavy atom. The van der Waals surface area contributed by atoms with Crippen molar-refractivity contribution in [2.75, 3.05) is 0 Å². The molecule has 8 heteroatoms. The molecule has 2 spiro atoms. The number of aliphatic hydroxyl groups is 2. The summed E-state index contributed by atoms with van der Waals surface area (Å²) in [6, 6.07) is 22.5. The van der Waals surface area contributed by atoms with E-state index in [-0.39, 0.29) is 86.4 Å². The Morgan fingerprint density at radius 2 is 1.34 bits per heavy atom. The van der Waals surface area contributed by atoms with Crippen LogP contribution in [-0.4, -0.2) is 33.0 Å². The SMILES string of the molecule is C=C1C[C@]23C[C@]1(O)CC[C@H]2c1cccc(C)c1[C@@H]3N.C=C1C[C@]23C[C@]1(O)CC[C@H]2c1cccc(C)c1[C@@H]3NC(=O)OCc1ccccc1.[K+].[OH-]. The van der Waals surface area contributed by atoms with Crippen LogP contribution in [0.2, 0.25) is 0 Å². The molecule has 0 aromatic heterocycles. The summed E-state index contributed by atoms with van der Waals surface area (Å²) in [7, 11) is 0. The molecule has 1 amide bonds. The van der Waals surface area contributed by atoms with Crippen molar-refractivity contribution in [1.29, 1.82) is 0 Å². The van der Waals surface area contributed by atoms with E-state index in [1.54, 1.807) is 0 Å². The van der Waals surface area contributed by atoms with Crippen LogP contribution >= 0.6 is 0 Å². The molecule has 7 nitrogen and oxygen atoms in total. The van der Waals surface area contributed by atoms with E-state index in [0.717, 1.165) is 61.7 Å². The van der Waals surface area contributed by atoms with Crippen molar-refractivity contribution in [1.82, 2.24) is 5.32 Å². The Hall–Kier alpha value is -2.11. The Balaban J connectivity index is 0.000000179. The van der Waals surface area contributed by atoms with E-state index in [1.807, 2.05) is 30.3 Å². The van der Waals surface area contributed by atoms with E-state index >= 15 is 0 Å². The van der Waals surface area contributed by atoms with E-state index in [9.17, 15) is 15.0 Å². The zero-order valence-electron chi connectivity index (χ0n) is 29.7. The first-order chi connectivity index (χ1) is 22.9. The van der Waals surface area contributed by atoms with E-state index in [2.05, 4.69) is 68.7 Å². The van der Waals surface area contributed by atoms with Gasteiger partial charge in [0, 0.05) is 16.9 Å². The molecule has 3 aromatic rings. The molecule has 50 heavy (non-hydrogen) atoms. The van der Waals surface area contributed by atoms with Crippen molar-refractivity contribution in [3.8, 4) is 0 Å². The van der Waals surface area contributed by atoms with Crippen LogP contribution in [0.3, 0.4) is 0 Å². The second-order valence-electron chi connectivity index (χ2n) is 15.9. The fraction of sp³-hybridized carbons (Fsp3) is 0.452. The van der Waals surface area contributed by atoms with Gasteiger partial charge in [0.2, 0.25) is 0 Å². The number of nitrogens with two attached hydrogens (primary N) is 1.